The van der Waals surface area contributed by atoms with Gasteiger partial charge in [-0.05, 0) is 55.8 Å². The van der Waals surface area contributed by atoms with Gasteiger partial charge in [0.25, 0.3) is 0 Å². The number of pyridine rings is 1. The molecule has 2 heterocycles. The molecule has 1 aliphatic heterocycles. The molecule has 3 rings (SSSR count). The standard InChI is InChI=1S/C21H29N3O2/c1-3-24-12-6-8-19(24)16-23(15-18-7-4-5-11-22-18)14-17-9-10-20(25)21(13-17)26-2/h4-5,7,9-11,13,19,25H,3,6,8,12,14-16H2,1-2H3/t19-/m0/s1. The highest BCUT2D eigenvalue weighted by Crippen LogP contribution is 2.27. The number of benzene rings is 1. The molecule has 0 saturated carbocycles. The number of likely N-dealkylation sites (N-methyl/N-ethyl adjacent to an activating group) is 1. The maximum atomic E-state index is 9.85. The van der Waals surface area contributed by atoms with Gasteiger partial charge in [-0.25, -0.2) is 0 Å². The number of hydrogen-bond acceptors (Lipinski definition) is 5. The van der Waals surface area contributed by atoms with E-state index in [1.54, 1.807) is 13.2 Å². The molecule has 0 amide bonds. The molecule has 1 aliphatic rings. The third kappa shape index (κ3) is 4.74. The molecule has 5 nitrogen and oxygen atoms in total. The molecule has 5 heteroatoms. The number of phenols is 1. The Kier molecular flexibility index (Phi) is 6.47. The highest BCUT2D eigenvalue weighted by Gasteiger charge is 2.25. The van der Waals surface area contributed by atoms with Crippen LogP contribution in [0.4, 0.5) is 0 Å². The van der Waals surface area contributed by atoms with E-state index in [0.717, 1.165) is 37.4 Å². The smallest absolute Gasteiger partial charge is 0.160 e. The highest BCUT2D eigenvalue weighted by molar-refractivity contribution is 5.41. The second-order valence-corrected chi connectivity index (χ2v) is 6.92. The number of nitrogens with zero attached hydrogens (tertiary/aromatic N) is 3. The van der Waals surface area contributed by atoms with Gasteiger partial charge in [-0.1, -0.05) is 19.1 Å². The van der Waals surface area contributed by atoms with Crippen LogP contribution in [0.2, 0.25) is 0 Å². The summed E-state index contributed by atoms with van der Waals surface area (Å²) in [4.78, 5) is 9.53. The van der Waals surface area contributed by atoms with E-state index in [1.165, 1.54) is 19.4 Å². The molecular formula is C21H29N3O2. The van der Waals surface area contributed by atoms with Crippen LogP contribution in [0.1, 0.15) is 31.0 Å². The Hall–Kier alpha value is -2.11. The van der Waals surface area contributed by atoms with Crippen molar-refractivity contribution in [2.75, 3.05) is 26.7 Å². The van der Waals surface area contributed by atoms with Crippen molar-refractivity contribution in [1.82, 2.24) is 14.8 Å². The van der Waals surface area contributed by atoms with E-state index in [1.807, 2.05) is 30.5 Å². The molecule has 1 aromatic carbocycles. The summed E-state index contributed by atoms with van der Waals surface area (Å²) < 4.78 is 5.26. The Labute approximate surface area is 156 Å². The number of phenolic OH excluding ortho intramolecular Hbond substituents is 1. The summed E-state index contributed by atoms with van der Waals surface area (Å²) in [6.45, 7) is 7.19. The minimum absolute atomic E-state index is 0.181. The summed E-state index contributed by atoms with van der Waals surface area (Å²) in [7, 11) is 1.59. The van der Waals surface area contributed by atoms with Crippen LogP contribution in [0.25, 0.3) is 0 Å². The zero-order valence-corrected chi connectivity index (χ0v) is 15.8. The predicted octanol–water partition coefficient (Wildman–Crippen LogP) is 3.28. The maximum Gasteiger partial charge on any atom is 0.160 e. The summed E-state index contributed by atoms with van der Waals surface area (Å²) in [5, 5.41) is 9.85. The molecule has 1 N–H and O–H groups in total. The van der Waals surface area contributed by atoms with Crippen LogP contribution < -0.4 is 4.74 Å². The van der Waals surface area contributed by atoms with Crippen molar-refractivity contribution < 1.29 is 9.84 Å². The van der Waals surface area contributed by atoms with Gasteiger partial charge in [-0.2, -0.15) is 0 Å². The molecule has 1 aromatic heterocycles. The first-order chi connectivity index (χ1) is 12.7. The van der Waals surface area contributed by atoms with Crippen molar-refractivity contribution in [2.24, 2.45) is 0 Å². The van der Waals surface area contributed by atoms with Gasteiger partial charge in [0.2, 0.25) is 0 Å². The van der Waals surface area contributed by atoms with Crippen molar-refractivity contribution in [1.29, 1.82) is 0 Å². The van der Waals surface area contributed by atoms with Crippen molar-refractivity contribution in [3.05, 3.63) is 53.9 Å². The minimum atomic E-state index is 0.181. The number of likely N-dealkylation sites (tertiary alicyclic amines) is 1. The van der Waals surface area contributed by atoms with Gasteiger partial charge in [0.15, 0.2) is 11.5 Å². The number of ether oxygens (including phenoxy) is 1. The highest BCUT2D eigenvalue weighted by atomic mass is 16.5. The first kappa shape index (κ1) is 18.7. The summed E-state index contributed by atoms with van der Waals surface area (Å²) in [5.74, 6) is 0.705. The van der Waals surface area contributed by atoms with Crippen molar-refractivity contribution >= 4 is 0 Å². The fourth-order valence-corrected chi connectivity index (χ4v) is 3.80. The van der Waals surface area contributed by atoms with Crippen LogP contribution in [-0.2, 0) is 13.1 Å². The number of hydrogen-bond donors (Lipinski definition) is 1. The molecule has 0 bridgehead atoms. The molecule has 26 heavy (non-hydrogen) atoms. The predicted molar refractivity (Wildman–Crippen MR) is 103 cm³/mol. The molecule has 1 fully saturated rings. The Bertz CT molecular complexity index is 693. The lowest BCUT2D eigenvalue weighted by Gasteiger charge is -2.30. The van der Waals surface area contributed by atoms with Crippen molar-refractivity contribution in [3.8, 4) is 11.5 Å². The zero-order chi connectivity index (χ0) is 18.4. The van der Waals surface area contributed by atoms with Crippen LogP contribution >= 0.6 is 0 Å². The van der Waals surface area contributed by atoms with Crippen molar-refractivity contribution in [2.45, 2.75) is 38.9 Å². The second-order valence-electron chi connectivity index (χ2n) is 6.92. The molecule has 0 spiro atoms. The van der Waals surface area contributed by atoms with E-state index >= 15 is 0 Å². The lowest BCUT2D eigenvalue weighted by Crippen LogP contribution is -2.39. The van der Waals surface area contributed by atoms with Crippen LogP contribution in [0.5, 0.6) is 11.5 Å². The van der Waals surface area contributed by atoms with Gasteiger partial charge < -0.3 is 9.84 Å². The van der Waals surface area contributed by atoms with E-state index in [2.05, 4.69) is 27.8 Å². The summed E-state index contributed by atoms with van der Waals surface area (Å²) in [6.07, 6.45) is 4.39. The molecule has 0 aliphatic carbocycles. The first-order valence-corrected chi connectivity index (χ1v) is 9.41. The molecule has 2 aromatic rings. The molecule has 0 radical (unpaired) electrons. The van der Waals surface area contributed by atoms with Crippen LogP contribution in [0.15, 0.2) is 42.6 Å². The first-order valence-electron chi connectivity index (χ1n) is 9.41. The van der Waals surface area contributed by atoms with Gasteiger partial charge >= 0.3 is 0 Å². The van der Waals surface area contributed by atoms with Gasteiger partial charge in [-0.3, -0.25) is 14.8 Å². The number of aromatic nitrogens is 1. The summed E-state index contributed by atoms with van der Waals surface area (Å²) >= 11 is 0. The zero-order valence-electron chi connectivity index (χ0n) is 15.8. The molecule has 1 saturated heterocycles. The lowest BCUT2D eigenvalue weighted by molar-refractivity contribution is 0.164. The average Bonchev–Trinajstić information content (AvgIpc) is 3.11. The molecular weight excluding hydrogens is 326 g/mol. The van der Waals surface area contributed by atoms with Gasteiger partial charge in [0.05, 0.1) is 12.8 Å². The van der Waals surface area contributed by atoms with E-state index in [9.17, 15) is 5.11 Å². The third-order valence-electron chi connectivity index (χ3n) is 5.14. The normalized spacial score (nSPS) is 17.7. The number of methoxy groups -OCH3 is 1. The molecule has 0 unspecified atom stereocenters. The van der Waals surface area contributed by atoms with Crippen LogP contribution in [0.3, 0.4) is 0 Å². The van der Waals surface area contributed by atoms with E-state index in [-0.39, 0.29) is 5.75 Å². The molecule has 1 atom stereocenters. The summed E-state index contributed by atoms with van der Waals surface area (Å²) in [5.41, 5.74) is 2.22. The van der Waals surface area contributed by atoms with E-state index in [4.69, 9.17) is 4.74 Å². The fourth-order valence-electron chi connectivity index (χ4n) is 3.80. The Balaban J connectivity index is 1.75. The van der Waals surface area contributed by atoms with Crippen molar-refractivity contribution in [3.63, 3.8) is 0 Å². The number of aromatic hydroxyl groups is 1. The third-order valence-corrected chi connectivity index (χ3v) is 5.14. The van der Waals surface area contributed by atoms with E-state index in [0.29, 0.717) is 11.8 Å². The monoisotopic (exact) mass is 355 g/mol. The summed E-state index contributed by atoms with van der Waals surface area (Å²) in [6, 6.07) is 12.3. The Morgan fingerprint density at radius 1 is 1.27 bits per heavy atom. The largest absolute Gasteiger partial charge is 0.504 e. The number of rotatable bonds is 8. The molecule has 140 valence electrons. The quantitative estimate of drug-likeness (QED) is 0.787. The second kappa shape index (κ2) is 9.01. The SMILES string of the molecule is CCN1CCC[C@H]1CN(Cc1ccc(O)c(OC)c1)Cc1ccccn1. The Morgan fingerprint density at radius 3 is 2.88 bits per heavy atom. The van der Waals surface area contributed by atoms with Gasteiger partial charge in [0.1, 0.15) is 0 Å². The van der Waals surface area contributed by atoms with Gasteiger partial charge in [0, 0.05) is 31.9 Å². The van der Waals surface area contributed by atoms with Crippen LogP contribution in [-0.4, -0.2) is 52.7 Å². The maximum absolute atomic E-state index is 9.85. The Morgan fingerprint density at radius 2 is 2.15 bits per heavy atom. The fraction of sp³-hybridized carbons (Fsp3) is 0.476. The minimum Gasteiger partial charge on any atom is -0.504 e. The lowest BCUT2D eigenvalue weighted by atomic mass is 10.1. The van der Waals surface area contributed by atoms with E-state index < -0.39 is 0 Å². The topological polar surface area (TPSA) is 48.8 Å². The van der Waals surface area contributed by atoms with Crippen LogP contribution in [0, 0.1) is 0 Å². The van der Waals surface area contributed by atoms with Gasteiger partial charge in [-0.15, -0.1) is 0 Å². The average molecular weight is 355 g/mol.